The number of rotatable bonds is 4. The molecule has 2 atom stereocenters. The highest BCUT2D eigenvalue weighted by atomic mass is 79.9. The summed E-state index contributed by atoms with van der Waals surface area (Å²) in [6.45, 7) is 1.09. The molecule has 3 rings (SSSR count). The molecular weight excluding hydrogens is 370 g/mol. The second-order valence-electron chi connectivity index (χ2n) is 5.61. The molecule has 0 radical (unpaired) electrons. The molecule has 1 aliphatic rings. The monoisotopic (exact) mass is 385 g/mol. The van der Waals surface area contributed by atoms with Gasteiger partial charge in [-0.05, 0) is 47.4 Å². The van der Waals surface area contributed by atoms with Crippen LogP contribution in [0.25, 0.3) is 11.0 Å². The maximum absolute atomic E-state index is 12.3. The van der Waals surface area contributed by atoms with E-state index in [4.69, 9.17) is 11.6 Å². The Morgan fingerprint density at radius 3 is 3.14 bits per heavy atom. The number of ketones is 1. The van der Waals surface area contributed by atoms with Crippen molar-refractivity contribution in [3.05, 3.63) is 28.0 Å². The molecule has 5 nitrogen and oxygen atoms in total. The highest BCUT2D eigenvalue weighted by Crippen LogP contribution is 2.30. The summed E-state index contributed by atoms with van der Waals surface area (Å²) in [5.41, 5.74) is 1.51. The summed E-state index contributed by atoms with van der Waals surface area (Å²) in [6.07, 6.45) is 3.22. The normalized spacial score (nSPS) is 22.1. The lowest BCUT2D eigenvalue weighted by Gasteiger charge is -2.28. The Labute approximate surface area is 141 Å². The summed E-state index contributed by atoms with van der Waals surface area (Å²) < 4.78 is 2.58. The van der Waals surface area contributed by atoms with E-state index >= 15 is 0 Å². The summed E-state index contributed by atoms with van der Waals surface area (Å²) in [6, 6.07) is 3.59. The van der Waals surface area contributed by atoms with E-state index in [-0.39, 0.29) is 18.4 Å². The van der Waals surface area contributed by atoms with Gasteiger partial charge < -0.3 is 15.0 Å². The van der Waals surface area contributed by atoms with Crippen LogP contribution in [-0.4, -0.2) is 39.1 Å². The van der Waals surface area contributed by atoms with Crippen LogP contribution < -0.4 is 5.32 Å². The van der Waals surface area contributed by atoms with Crippen LogP contribution in [0.3, 0.4) is 0 Å². The zero-order valence-corrected chi connectivity index (χ0v) is 14.3. The van der Waals surface area contributed by atoms with Gasteiger partial charge in [0.2, 0.25) is 0 Å². The molecule has 0 aliphatic carbocycles. The maximum atomic E-state index is 12.3. The van der Waals surface area contributed by atoms with Gasteiger partial charge in [-0.3, -0.25) is 4.79 Å². The second kappa shape index (κ2) is 6.66. The Hall–Kier alpha value is -0.950. The van der Waals surface area contributed by atoms with E-state index in [2.05, 4.69) is 26.2 Å². The molecule has 1 fully saturated rings. The first-order chi connectivity index (χ1) is 10.6. The van der Waals surface area contributed by atoms with Crippen molar-refractivity contribution >= 4 is 44.3 Å². The Balaban J connectivity index is 1.73. The van der Waals surface area contributed by atoms with Crippen molar-refractivity contribution in [3.8, 4) is 0 Å². The van der Waals surface area contributed by atoms with Crippen molar-refractivity contribution in [2.24, 2.45) is 0 Å². The number of aliphatic hydroxyl groups excluding tert-OH is 1. The summed E-state index contributed by atoms with van der Waals surface area (Å²) in [7, 11) is 0. The molecule has 1 saturated heterocycles. The van der Waals surface area contributed by atoms with Gasteiger partial charge in [0.1, 0.15) is 5.52 Å². The molecule has 2 aromatic rings. The third-order valence-corrected chi connectivity index (χ3v) is 5.30. The van der Waals surface area contributed by atoms with Gasteiger partial charge in [0.05, 0.1) is 29.5 Å². The lowest BCUT2D eigenvalue weighted by atomic mass is 9.97. The Morgan fingerprint density at radius 2 is 2.36 bits per heavy atom. The summed E-state index contributed by atoms with van der Waals surface area (Å²) in [5, 5.41) is 13.7. The number of Topliss-reactive ketones (excluding diaryl/α,β-unsaturated/α-hetero) is 1. The minimum absolute atomic E-state index is 0.0665. The van der Waals surface area contributed by atoms with Crippen molar-refractivity contribution in [1.29, 1.82) is 0 Å². The number of fused-ring (bicyclic) bond motifs is 1. The van der Waals surface area contributed by atoms with Crippen molar-refractivity contribution in [2.45, 2.75) is 38.0 Å². The highest BCUT2D eigenvalue weighted by Gasteiger charge is 2.25. The van der Waals surface area contributed by atoms with Gasteiger partial charge >= 0.3 is 0 Å². The summed E-state index contributed by atoms with van der Waals surface area (Å²) in [5.74, 6) is 0.0665. The van der Waals surface area contributed by atoms with Crippen LogP contribution in [0.15, 0.2) is 22.9 Å². The number of piperidine rings is 1. The largest absolute Gasteiger partial charge is 0.391 e. The van der Waals surface area contributed by atoms with Crippen LogP contribution in [0.5, 0.6) is 0 Å². The number of nitrogens with zero attached hydrogens (tertiary/aromatic N) is 2. The fraction of sp³-hybridized carbons (Fsp3) is 0.467. The molecule has 1 aromatic heterocycles. The Morgan fingerprint density at radius 1 is 1.55 bits per heavy atom. The molecule has 0 saturated carbocycles. The first-order valence-corrected chi connectivity index (χ1v) is 8.45. The van der Waals surface area contributed by atoms with Crippen molar-refractivity contribution in [2.75, 3.05) is 6.54 Å². The van der Waals surface area contributed by atoms with Crippen LogP contribution in [0, 0.1) is 0 Å². The fourth-order valence-corrected chi connectivity index (χ4v) is 3.37. The number of hydrogen-bond donors (Lipinski definition) is 2. The number of carbonyl (C=O) groups is 1. The first kappa shape index (κ1) is 15.9. The lowest BCUT2D eigenvalue weighted by molar-refractivity contribution is -0.121. The van der Waals surface area contributed by atoms with E-state index in [1.807, 2.05) is 12.1 Å². The summed E-state index contributed by atoms with van der Waals surface area (Å²) >= 11 is 9.56. The van der Waals surface area contributed by atoms with Gasteiger partial charge in [0, 0.05) is 16.9 Å². The van der Waals surface area contributed by atoms with Crippen LogP contribution in [0.1, 0.15) is 19.3 Å². The van der Waals surface area contributed by atoms with Gasteiger partial charge in [-0.25, -0.2) is 4.98 Å². The molecule has 2 heterocycles. The van der Waals surface area contributed by atoms with Gasteiger partial charge in [-0.2, -0.15) is 0 Å². The van der Waals surface area contributed by atoms with E-state index in [9.17, 15) is 9.90 Å². The molecule has 1 aromatic carbocycles. The third-order valence-electron chi connectivity index (χ3n) is 4.03. The number of imidazole rings is 1. The zero-order chi connectivity index (χ0) is 15.7. The minimum atomic E-state index is -0.442. The van der Waals surface area contributed by atoms with E-state index in [0.29, 0.717) is 17.0 Å². The molecule has 2 N–H and O–H groups in total. The van der Waals surface area contributed by atoms with E-state index in [1.54, 1.807) is 10.9 Å². The predicted octanol–water partition coefficient (Wildman–Crippen LogP) is 2.52. The smallest absolute Gasteiger partial charge is 0.154 e. The van der Waals surface area contributed by atoms with Crippen LogP contribution in [0.4, 0.5) is 0 Å². The number of aromatic nitrogens is 2. The van der Waals surface area contributed by atoms with Crippen LogP contribution >= 0.6 is 27.5 Å². The average Bonchev–Trinajstić information content (AvgIpc) is 2.89. The molecule has 22 heavy (non-hydrogen) atoms. The van der Waals surface area contributed by atoms with Crippen LogP contribution in [-0.2, 0) is 11.3 Å². The predicted molar refractivity (Wildman–Crippen MR) is 89.1 cm³/mol. The standard InChI is InChI=1S/C15H17BrClN3O2/c16-10-3-4-12-15(14(10)17)19-8-20(12)7-9(21)6-11-13(22)2-1-5-18-11/h3-4,8,11,13,18,22H,1-2,5-7H2/t11-,13+/m1/s1. The number of carbonyl (C=O) groups excluding carboxylic acids is 1. The molecule has 7 heteroatoms. The van der Waals surface area contributed by atoms with Crippen molar-refractivity contribution < 1.29 is 9.90 Å². The van der Waals surface area contributed by atoms with Gasteiger partial charge in [-0.15, -0.1) is 0 Å². The molecule has 0 amide bonds. The first-order valence-electron chi connectivity index (χ1n) is 7.28. The Bertz CT molecular complexity index is 703. The zero-order valence-electron chi connectivity index (χ0n) is 11.9. The average molecular weight is 387 g/mol. The summed E-state index contributed by atoms with van der Waals surface area (Å²) in [4.78, 5) is 16.6. The lowest BCUT2D eigenvalue weighted by Crippen LogP contribution is -2.46. The van der Waals surface area contributed by atoms with Crippen molar-refractivity contribution in [3.63, 3.8) is 0 Å². The molecule has 0 spiro atoms. The minimum Gasteiger partial charge on any atom is -0.391 e. The van der Waals surface area contributed by atoms with Gasteiger partial charge in [0.15, 0.2) is 5.78 Å². The SMILES string of the molecule is O=C(C[C@H]1NCCC[C@@H]1O)Cn1cnc2c(Cl)c(Br)ccc21. The maximum Gasteiger partial charge on any atom is 0.154 e. The van der Waals surface area contributed by atoms with E-state index in [0.717, 1.165) is 29.4 Å². The van der Waals surface area contributed by atoms with Gasteiger partial charge in [-0.1, -0.05) is 11.6 Å². The fourth-order valence-electron chi connectivity index (χ4n) is 2.84. The van der Waals surface area contributed by atoms with Crippen molar-refractivity contribution in [1.82, 2.24) is 14.9 Å². The third kappa shape index (κ3) is 3.20. The Kier molecular flexibility index (Phi) is 4.82. The topological polar surface area (TPSA) is 67.2 Å². The molecular formula is C15H17BrClN3O2. The quantitative estimate of drug-likeness (QED) is 0.847. The molecule has 1 aliphatic heterocycles. The van der Waals surface area contributed by atoms with E-state index in [1.165, 1.54) is 0 Å². The number of hydrogen-bond acceptors (Lipinski definition) is 4. The highest BCUT2D eigenvalue weighted by molar-refractivity contribution is 9.10. The number of halogens is 2. The number of benzene rings is 1. The molecule has 0 unspecified atom stereocenters. The molecule has 0 bridgehead atoms. The van der Waals surface area contributed by atoms with Gasteiger partial charge in [0.25, 0.3) is 0 Å². The second-order valence-corrected chi connectivity index (χ2v) is 6.85. The van der Waals surface area contributed by atoms with Crippen LogP contribution in [0.2, 0.25) is 5.02 Å². The number of aliphatic hydroxyl groups is 1. The van der Waals surface area contributed by atoms with E-state index < -0.39 is 6.10 Å². The number of nitrogens with one attached hydrogen (secondary N) is 1. The molecule has 118 valence electrons.